The van der Waals surface area contributed by atoms with E-state index >= 15 is 0 Å². The molecule has 0 fully saturated rings. The van der Waals surface area contributed by atoms with Gasteiger partial charge in [0.2, 0.25) is 0 Å². The smallest absolute Gasteiger partial charge is 0.387 e. The normalized spacial score (nSPS) is 9.93. The highest BCUT2D eigenvalue weighted by molar-refractivity contribution is 9.10. The molecule has 0 saturated heterocycles. The molecule has 0 spiro atoms. The molecule has 0 heterocycles. The molecule has 0 aliphatic carbocycles. The van der Waals surface area contributed by atoms with Crippen molar-refractivity contribution in [3.8, 4) is 11.8 Å². The Morgan fingerprint density at radius 1 is 1.50 bits per heavy atom. The molecule has 0 aliphatic heterocycles. The molecule has 0 aliphatic rings. The quantitative estimate of drug-likeness (QED) is 0.834. The minimum absolute atomic E-state index is 0.128. The summed E-state index contributed by atoms with van der Waals surface area (Å²) < 4.78 is 28.1. The van der Waals surface area contributed by atoms with Crippen molar-refractivity contribution in [1.82, 2.24) is 0 Å². The fourth-order valence-corrected chi connectivity index (χ4v) is 1.19. The summed E-state index contributed by atoms with van der Waals surface area (Å²) in [5.41, 5.74) is 5.78. The van der Waals surface area contributed by atoms with Crippen LogP contribution >= 0.6 is 15.9 Å². The molecule has 0 aromatic heterocycles. The molecule has 1 aromatic carbocycles. The Morgan fingerprint density at radius 2 is 2.14 bits per heavy atom. The van der Waals surface area contributed by atoms with Crippen molar-refractivity contribution >= 4 is 21.6 Å². The summed E-state index contributed by atoms with van der Waals surface area (Å²) in [7, 11) is 0. The fraction of sp³-hybridized carbons (Fsp3) is 0.125. The minimum Gasteiger partial charge on any atom is -0.435 e. The van der Waals surface area contributed by atoms with E-state index in [4.69, 9.17) is 11.0 Å². The van der Waals surface area contributed by atoms with Crippen LogP contribution in [0.15, 0.2) is 16.6 Å². The van der Waals surface area contributed by atoms with Gasteiger partial charge in [-0.15, -0.1) is 0 Å². The summed E-state index contributed by atoms with van der Waals surface area (Å²) >= 11 is 3.05. The van der Waals surface area contributed by atoms with Crippen LogP contribution in [0, 0.1) is 11.3 Å². The third kappa shape index (κ3) is 2.33. The number of halogens is 3. The van der Waals surface area contributed by atoms with Crippen LogP contribution in [0.5, 0.6) is 5.75 Å². The summed E-state index contributed by atoms with van der Waals surface area (Å²) in [6, 6.07) is 4.20. The van der Waals surface area contributed by atoms with Crippen LogP contribution in [0.2, 0.25) is 0 Å². The van der Waals surface area contributed by atoms with E-state index in [0.717, 1.165) is 0 Å². The Bertz CT molecular complexity index is 390. The second kappa shape index (κ2) is 4.24. The molecule has 0 bridgehead atoms. The molecule has 2 N–H and O–H groups in total. The van der Waals surface area contributed by atoms with E-state index in [9.17, 15) is 8.78 Å². The van der Waals surface area contributed by atoms with Crippen molar-refractivity contribution in [3.05, 3.63) is 22.2 Å². The number of rotatable bonds is 2. The zero-order valence-electron chi connectivity index (χ0n) is 6.80. The predicted octanol–water partition coefficient (Wildman–Crippen LogP) is 2.50. The lowest BCUT2D eigenvalue weighted by Gasteiger charge is -2.07. The van der Waals surface area contributed by atoms with Crippen molar-refractivity contribution in [2.75, 3.05) is 5.73 Å². The average molecular weight is 263 g/mol. The lowest BCUT2D eigenvalue weighted by Crippen LogP contribution is -2.03. The molecule has 0 atom stereocenters. The number of anilines is 1. The van der Waals surface area contributed by atoms with Crippen LogP contribution in [0.25, 0.3) is 0 Å². The standard InChI is InChI=1S/C8H5BrF2N2O/c9-7-4(3-12)1-5(2-6(7)13)14-8(10)11/h1-2,8H,13H2. The van der Waals surface area contributed by atoms with Crippen LogP contribution in [-0.2, 0) is 0 Å². The van der Waals surface area contributed by atoms with E-state index in [1.165, 1.54) is 12.1 Å². The first-order valence-electron chi connectivity index (χ1n) is 3.48. The fourth-order valence-electron chi connectivity index (χ4n) is 0.872. The highest BCUT2D eigenvalue weighted by atomic mass is 79.9. The molecule has 0 amide bonds. The van der Waals surface area contributed by atoms with Gasteiger partial charge in [-0.2, -0.15) is 14.0 Å². The molecule has 0 unspecified atom stereocenters. The van der Waals surface area contributed by atoms with Crippen molar-refractivity contribution in [3.63, 3.8) is 0 Å². The van der Waals surface area contributed by atoms with Gasteiger partial charge in [0.25, 0.3) is 0 Å². The number of alkyl halides is 2. The van der Waals surface area contributed by atoms with Gasteiger partial charge in [0.15, 0.2) is 0 Å². The summed E-state index contributed by atoms with van der Waals surface area (Å²) in [5, 5.41) is 8.62. The highest BCUT2D eigenvalue weighted by Crippen LogP contribution is 2.29. The molecule has 1 aromatic rings. The first-order valence-corrected chi connectivity index (χ1v) is 4.28. The van der Waals surface area contributed by atoms with Crippen LogP contribution in [0.3, 0.4) is 0 Å². The molecule has 74 valence electrons. The van der Waals surface area contributed by atoms with Crippen molar-refractivity contribution in [2.45, 2.75) is 6.61 Å². The number of nitrogens with zero attached hydrogens (tertiary/aromatic N) is 1. The first-order chi connectivity index (χ1) is 6.54. The maximum absolute atomic E-state index is 11.8. The van der Waals surface area contributed by atoms with Gasteiger partial charge < -0.3 is 10.5 Å². The summed E-state index contributed by atoms with van der Waals surface area (Å²) in [5.74, 6) is -0.128. The number of nitrogens with two attached hydrogens (primary N) is 1. The Labute approximate surface area is 87.2 Å². The average Bonchev–Trinajstić information content (AvgIpc) is 2.10. The maximum Gasteiger partial charge on any atom is 0.387 e. The SMILES string of the molecule is N#Cc1cc(OC(F)F)cc(N)c1Br. The zero-order valence-corrected chi connectivity index (χ0v) is 8.38. The van der Waals surface area contributed by atoms with Crippen LogP contribution < -0.4 is 10.5 Å². The van der Waals surface area contributed by atoms with Gasteiger partial charge in [-0.05, 0) is 22.0 Å². The van der Waals surface area contributed by atoms with Gasteiger partial charge in [-0.1, -0.05) is 0 Å². The lowest BCUT2D eigenvalue weighted by atomic mass is 10.2. The molecular weight excluding hydrogens is 258 g/mol. The Hall–Kier alpha value is -1.35. The molecule has 3 nitrogen and oxygen atoms in total. The van der Waals surface area contributed by atoms with Gasteiger partial charge in [-0.25, -0.2) is 0 Å². The van der Waals surface area contributed by atoms with E-state index < -0.39 is 6.61 Å². The largest absolute Gasteiger partial charge is 0.435 e. The third-order valence-electron chi connectivity index (χ3n) is 1.42. The second-order valence-electron chi connectivity index (χ2n) is 2.36. The zero-order chi connectivity index (χ0) is 10.7. The molecular formula is C8H5BrF2N2O. The van der Waals surface area contributed by atoms with Gasteiger partial charge in [0.05, 0.1) is 15.7 Å². The number of nitriles is 1. The highest BCUT2D eigenvalue weighted by Gasteiger charge is 2.10. The van der Waals surface area contributed by atoms with E-state index in [-0.39, 0.29) is 17.0 Å². The molecule has 1 rings (SSSR count). The lowest BCUT2D eigenvalue weighted by molar-refractivity contribution is -0.0498. The second-order valence-corrected chi connectivity index (χ2v) is 3.16. The van der Waals surface area contributed by atoms with E-state index in [1.54, 1.807) is 6.07 Å². The Balaban J connectivity index is 3.11. The van der Waals surface area contributed by atoms with E-state index in [2.05, 4.69) is 20.7 Å². The molecule has 14 heavy (non-hydrogen) atoms. The van der Waals surface area contributed by atoms with Crippen molar-refractivity contribution < 1.29 is 13.5 Å². The Morgan fingerprint density at radius 3 is 2.64 bits per heavy atom. The minimum atomic E-state index is -2.93. The predicted molar refractivity (Wildman–Crippen MR) is 49.9 cm³/mol. The molecule has 6 heteroatoms. The maximum atomic E-state index is 11.8. The molecule has 0 radical (unpaired) electrons. The van der Waals surface area contributed by atoms with Crippen molar-refractivity contribution in [2.24, 2.45) is 0 Å². The number of hydrogen-bond acceptors (Lipinski definition) is 3. The number of hydrogen-bond donors (Lipinski definition) is 1. The molecule has 0 saturated carbocycles. The topological polar surface area (TPSA) is 59.0 Å². The first kappa shape index (κ1) is 10.7. The summed E-state index contributed by atoms with van der Waals surface area (Å²) in [6.45, 7) is -2.93. The number of ether oxygens (including phenoxy) is 1. The van der Waals surface area contributed by atoms with Crippen LogP contribution in [-0.4, -0.2) is 6.61 Å². The monoisotopic (exact) mass is 262 g/mol. The van der Waals surface area contributed by atoms with Crippen LogP contribution in [0.1, 0.15) is 5.56 Å². The summed E-state index contributed by atoms with van der Waals surface area (Å²) in [6.07, 6.45) is 0. The number of benzene rings is 1. The third-order valence-corrected chi connectivity index (χ3v) is 2.30. The van der Waals surface area contributed by atoms with E-state index in [1.807, 2.05) is 0 Å². The summed E-state index contributed by atoms with van der Waals surface area (Å²) in [4.78, 5) is 0. The van der Waals surface area contributed by atoms with Crippen molar-refractivity contribution in [1.29, 1.82) is 5.26 Å². The van der Waals surface area contributed by atoms with Gasteiger partial charge in [-0.3, -0.25) is 0 Å². The number of nitrogen functional groups attached to an aromatic ring is 1. The Kier molecular flexibility index (Phi) is 3.25. The van der Waals surface area contributed by atoms with Gasteiger partial charge in [0, 0.05) is 6.07 Å². The van der Waals surface area contributed by atoms with E-state index in [0.29, 0.717) is 4.47 Å². The van der Waals surface area contributed by atoms with Crippen LogP contribution in [0.4, 0.5) is 14.5 Å². The van der Waals surface area contributed by atoms with Gasteiger partial charge >= 0.3 is 6.61 Å². The van der Waals surface area contributed by atoms with Gasteiger partial charge in [0.1, 0.15) is 11.8 Å².